The van der Waals surface area contributed by atoms with Crippen molar-refractivity contribution >= 4 is 0 Å². The second-order valence-corrected chi connectivity index (χ2v) is 4.37. The zero-order valence-corrected chi connectivity index (χ0v) is 9.67. The highest BCUT2D eigenvalue weighted by Gasteiger charge is 2.23. The Bertz CT molecular complexity index is 313. The van der Waals surface area contributed by atoms with Gasteiger partial charge in [0.15, 0.2) is 0 Å². The Kier molecular flexibility index (Phi) is 3.93. The highest BCUT2D eigenvalue weighted by molar-refractivity contribution is 5.14. The van der Waals surface area contributed by atoms with Crippen LogP contribution in [-0.2, 0) is 11.3 Å². The van der Waals surface area contributed by atoms with E-state index in [0.29, 0.717) is 6.61 Å². The Balaban J connectivity index is 1.90. The van der Waals surface area contributed by atoms with E-state index in [2.05, 4.69) is 29.2 Å². The van der Waals surface area contributed by atoms with Crippen molar-refractivity contribution in [1.29, 1.82) is 0 Å². The molecule has 1 heterocycles. The van der Waals surface area contributed by atoms with Crippen LogP contribution in [0.3, 0.4) is 0 Å². The summed E-state index contributed by atoms with van der Waals surface area (Å²) in [5.41, 5.74) is 1.31. The van der Waals surface area contributed by atoms with Crippen LogP contribution in [0.25, 0.3) is 0 Å². The average Bonchev–Trinajstić information content (AvgIpc) is 2.30. The third-order valence-electron chi connectivity index (χ3n) is 2.96. The third kappa shape index (κ3) is 3.04. The predicted molar refractivity (Wildman–Crippen MR) is 63.1 cm³/mol. The molecule has 1 aromatic rings. The minimum atomic E-state index is -0.390. The fourth-order valence-electron chi connectivity index (χ4n) is 2.01. The van der Waals surface area contributed by atoms with Crippen molar-refractivity contribution in [2.75, 3.05) is 19.7 Å². The molecule has 2 rings (SSSR count). The van der Waals surface area contributed by atoms with Crippen molar-refractivity contribution in [3.8, 4) is 0 Å². The molecule has 0 aromatic heterocycles. The highest BCUT2D eigenvalue weighted by Crippen LogP contribution is 2.12. The molecule has 16 heavy (non-hydrogen) atoms. The monoisotopic (exact) mass is 221 g/mol. The molecule has 1 aromatic carbocycles. The first-order chi connectivity index (χ1) is 7.75. The molecule has 1 aliphatic rings. The lowest BCUT2D eigenvalue weighted by molar-refractivity contribution is -0.0845. The zero-order valence-electron chi connectivity index (χ0n) is 9.67. The lowest BCUT2D eigenvalue weighted by atomic mass is 10.1. The van der Waals surface area contributed by atoms with Crippen LogP contribution in [0.15, 0.2) is 30.3 Å². The number of aliphatic hydroxyl groups is 1. The number of benzene rings is 1. The van der Waals surface area contributed by atoms with Gasteiger partial charge in [0.1, 0.15) is 0 Å². The maximum atomic E-state index is 9.51. The maximum Gasteiger partial charge on any atom is 0.0958 e. The number of morpholine rings is 1. The van der Waals surface area contributed by atoms with Crippen molar-refractivity contribution < 1.29 is 9.84 Å². The molecule has 88 valence electrons. The number of rotatable bonds is 3. The summed E-state index contributed by atoms with van der Waals surface area (Å²) < 4.78 is 5.52. The zero-order chi connectivity index (χ0) is 11.4. The molecular weight excluding hydrogens is 202 g/mol. The molecule has 0 unspecified atom stereocenters. The molecular formula is C13H19NO2. The van der Waals surface area contributed by atoms with Crippen LogP contribution in [0, 0.1) is 0 Å². The SMILES string of the molecule is C[C@H](O)[C@H]1CN(Cc2ccccc2)CCO1. The molecule has 0 spiro atoms. The average molecular weight is 221 g/mol. The summed E-state index contributed by atoms with van der Waals surface area (Å²) in [6.45, 7) is 5.19. The molecule has 0 saturated carbocycles. The molecule has 1 saturated heterocycles. The molecule has 0 aliphatic carbocycles. The van der Waals surface area contributed by atoms with E-state index in [1.54, 1.807) is 6.92 Å². The van der Waals surface area contributed by atoms with E-state index in [1.807, 2.05) is 6.07 Å². The smallest absolute Gasteiger partial charge is 0.0958 e. The highest BCUT2D eigenvalue weighted by atomic mass is 16.5. The first kappa shape index (κ1) is 11.6. The molecule has 1 N–H and O–H groups in total. The second kappa shape index (κ2) is 5.43. The fourth-order valence-corrected chi connectivity index (χ4v) is 2.01. The van der Waals surface area contributed by atoms with E-state index < -0.39 is 6.10 Å². The van der Waals surface area contributed by atoms with Crippen molar-refractivity contribution in [2.45, 2.75) is 25.7 Å². The normalized spacial score (nSPS) is 24.2. The number of nitrogens with zero attached hydrogens (tertiary/aromatic N) is 1. The molecule has 2 atom stereocenters. The van der Waals surface area contributed by atoms with Gasteiger partial charge in [-0.2, -0.15) is 0 Å². The molecule has 1 fully saturated rings. The van der Waals surface area contributed by atoms with Gasteiger partial charge in [-0.05, 0) is 12.5 Å². The summed E-state index contributed by atoms with van der Waals surface area (Å²) in [6, 6.07) is 10.4. The van der Waals surface area contributed by atoms with E-state index in [4.69, 9.17) is 4.74 Å². The predicted octanol–water partition coefficient (Wildman–Crippen LogP) is 1.27. The van der Waals surface area contributed by atoms with Crippen molar-refractivity contribution in [3.63, 3.8) is 0 Å². The summed E-state index contributed by atoms with van der Waals surface area (Å²) in [5, 5.41) is 9.51. The van der Waals surface area contributed by atoms with Crippen molar-refractivity contribution in [3.05, 3.63) is 35.9 Å². The Labute approximate surface area is 96.6 Å². The summed E-state index contributed by atoms with van der Waals surface area (Å²) in [7, 11) is 0. The lowest BCUT2D eigenvalue weighted by Gasteiger charge is -2.34. The van der Waals surface area contributed by atoms with Crippen LogP contribution in [0.1, 0.15) is 12.5 Å². The lowest BCUT2D eigenvalue weighted by Crippen LogP contribution is -2.46. The van der Waals surface area contributed by atoms with Gasteiger partial charge in [-0.25, -0.2) is 0 Å². The molecule has 1 aliphatic heterocycles. The van der Waals surface area contributed by atoms with E-state index in [-0.39, 0.29) is 6.10 Å². The van der Waals surface area contributed by atoms with Crippen molar-refractivity contribution in [2.24, 2.45) is 0 Å². The van der Waals surface area contributed by atoms with Gasteiger partial charge in [0.05, 0.1) is 18.8 Å². The number of hydrogen-bond donors (Lipinski definition) is 1. The van der Waals surface area contributed by atoms with Gasteiger partial charge in [-0.1, -0.05) is 30.3 Å². The minimum absolute atomic E-state index is 0.0440. The van der Waals surface area contributed by atoms with Gasteiger partial charge in [-0.15, -0.1) is 0 Å². The minimum Gasteiger partial charge on any atom is -0.391 e. The summed E-state index contributed by atoms with van der Waals surface area (Å²) in [5.74, 6) is 0. The number of aliphatic hydroxyl groups excluding tert-OH is 1. The molecule has 3 nitrogen and oxygen atoms in total. The molecule has 0 radical (unpaired) electrons. The largest absolute Gasteiger partial charge is 0.391 e. The van der Waals surface area contributed by atoms with Crippen LogP contribution in [0.2, 0.25) is 0 Å². The summed E-state index contributed by atoms with van der Waals surface area (Å²) in [6.07, 6.45) is -0.434. The maximum absolute atomic E-state index is 9.51. The van der Waals surface area contributed by atoms with E-state index >= 15 is 0 Å². The standard InChI is InChI=1S/C13H19NO2/c1-11(15)13-10-14(7-8-16-13)9-12-5-3-2-4-6-12/h2-6,11,13,15H,7-10H2,1H3/t11-,13+/m0/s1. The van der Waals surface area contributed by atoms with Crippen molar-refractivity contribution in [1.82, 2.24) is 4.90 Å². The van der Waals surface area contributed by atoms with E-state index in [1.165, 1.54) is 5.56 Å². The van der Waals surface area contributed by atoms with Gasteiger partial charge in [0, 0.05) is 19.6 Å². The van der Waals surface area contributed by atoms with Crippen LogP contribution >= 0.6 is 0 Å². The van der Waals surface area contributed by atoms with Crippen LogP contribution < -0.4 is 0 Å². The summed E-state index contributed by atoms with van der Waals surface area (Å²) in [4.78, 5) is 2.33. The first-order valence-electron chi connectivity index (χ1n) is 5.81. The molecule has 3 heteroatoms. The first-order valence-corrected chi connectivity index (χ1v) is 5.81. The molecule has 0 amide bonds. The van der Waals surface area contributed by atoms with Gasteiger partial charge in [0.2, 0.25) is 0 Å². The van der Waals surface area contributed by atoms with Crippen LogP contribution in [0.5, 0.6) is 0 Å². The fraction of sp³-hybridized carbons (Fsp3) is 0.538. The van der Waals surface area contributed by atoms with E-state index in [9.17, 15) is 5.11 Å². The Morgan fingerprint density at radius 3 is 2.88 bits per heavy atom. The summed E-state index contributed by atoms with van der Waals surface area (Å²) >= 11 is 0. The van der Waals surface area contributed by atoms with E-state index in [0.717, 1.165) is 19.6 Å². The number of ether oxygens (including phenoxy) is 1. The van der Waals surface area contributed by atoms with Gasteiger partial charge in [-0.3, -0.25) is 4.90 Å². The van der Waals surface area contributed by atoms with Gasteiger partial charge >= 0.3 is 0 Å². The third-order valence-corrected chi connectivity index (χ3v) is 2.96. The van der Waals surface area contributed by atoms with Gasteiger partial charge < -0.3 is 9.84 Å². The molecule has 0 bridgehead atoms. The quantitative estimate of drug-likeness (QED) is 0.834. The Morgan fingerprint density at radius 2 is 2.19 bits per heavy atom. The topological polar surface area (TPSA) is 32.7 Å². The van der Waals surface area contributed by atoms with Gasteiger partial charge in [0.25, 0.3) is 0 Å². The van der Waals surface area contributed by atoms with Crippen LogP contribution in [0.4, 0.5) is 0 Å². The Morgan fingerprint density at radius 1 is 1.44 bits per heavy atom. The number of hydrogen-bond acceptors (Lipinski definition) is 3. The van der Waals surface area contributed by atoms with Crippen LogP contribution in [-0.4, -0.2) is 41.9 Å². The Hall–Kier alpha value is -0.900. The second-order valence-electron chi connectivity index (χ2n) is 4.37.